The molecule has 0 aliphatic carbocycles. The van der Waals surface area contributed by atoms with Crippen molar-refractivity contribution < 1.29 is 4.79 Å². The fraction of sp³-hybridized carbons (Fsp3) is 0.259. The average Bonchev–Trinajstić information content (AvgIpc) is 3.22. The van der Waals surface area contributed by atoms with E-state index in [0.717, 1.165) is 32.5 Å². The van der Waals surface area contributed by atoms with E-state index >= 15 is 0 Å². The van der Waals surface area contributed by atoms with Crippen molar-refractivity contribution in [1.29, 1.82) is 5.26 Å². The number of fused-ring (bicyclic) bond motifs is 1. The predicted molar refractivity (Wildman–Crippen MR) is 136 cm³/mol. The number of anilines is 1. The lowest BCUT2D eigenvalue weighted by atomic mass is 9.99. The van der Waals surface area contributed by atoms with Gasteiger partial charge in [-0.15, -0.1) is 0 Å². The standard InChI is InChI=1S/C27H26N4O2S/c1-16-12-17(2)25-23(13-16)30-27(34-25)31(15-20-8-6-5-7-9-20)24(32)11-10-21-18(3)22(14-28)26(33)29-19(21)4/h5-9,12-13H,10-11,15H2,1-4H3,(H,29,33). The predicted octanol–water partition coefficient (Wildman–Crippen LogP) is 5.26. The first kappa shape index (κ1) is 23.4. The van der Waals surface area contributed by atoms with Crippen molar-refractivity contribution in [3.63, 3.8) is 0 Å². The van der Waals surface area contributed by atoms with Gasteiger partial charge < -0.3 is 4.98 Å². The van der Waals surface area contributed by atoms with E-state index in [1.54, 1.807) is 18.7 Å². The molecule has 1 amide bonds. The highest BCUT2D eigenvalue weighted by Gasteiger charge is 2.22. The van der Waals surface area contributed by atoms with Gasteiger partial charge in [0.15, 0.2) is 5.13 Å². The molecule has 2 aromatic heterocycles. The minimum absolute atomic E-state index is 0.0548. The lowest BCUT2D eigenvalue weighted by Gasteiger charge is -2.21. The van der Waals surface area contributed by atoms with E-state index in [-0.39, 0.29) is 17.9 Å². The van der Waals surface area contributed by atoms with Crippen LogP contribution in [0.25, 0.3) is 10.2 Å². The molecule has 0 bridgehead atoms. The van der Waals surface area contributed by atoms with Crippen molar-refractivity contribution in [2.75, 3.05) is 4.90 Å². The molecular weight excluding hydrogens is 444 g/mol. The first-order chi connectivity index (χ1) is 16.3. The number of rotatable bonds is 6. The first-order valence-corrected chi connectivity index (χ1v) is 11.9. The van der Waals surface area contributed by atoms with Crippen LogP contribution in [0.1, 0.15) is 45.5 Å². The fourth-order valence-corrected chi connectivity index (χ4v) is 5.33. The van der Waals surface area contributed by atoms with Crippen molar-refractivity contribution in [2.24, 2.45) is 0 Å². The summed E-state index contributed by atoms with van der Waals surface area (Å²) in [5.74, 6) is -0.0548. The number of nitriles is 1. The molecule has 1 N–H and O–H groups in total. The van der Waals surface area contributed by atoms with Crippen LogP contribution in [0.15, 0.2) is 47.3 Å². The van der Waals surface area contributed by atoms with Gasteiger partial charge in [-0.3, -0.25) is 14.5 Å². The Hall–Kier alpha value is -3.76. The van der Waals surface area contributed by atoms with Crippen LogP contribution in [0.5, 0.6) is 0 Å². The number of aromatic amines is 1. The number of benzene rings is 2. The number of aromatic nitrogens is 2. The summed E-state index contributed by atoms with van der Waals surface area (Å²) in [5, 5.41) is 10.0. The first-order valence-electron chi connectivity index (χ1n) is 11.1. The monoisotopic (exact) mass is 470 g/mol. The molecule has 0 fully saturated rings. The van der Waals surface area contributed by atoms with Gasteiger partial charge in [-0.1, -0.05) is 47.7 Å². The summed E-state index contributed by atoms with van der Waals surface area (Å²) in [7, 11) is 0. The van der Waals surface area contributed by atoms with Gasteiger partial charge in [0.1, 0.15) is 11.6 Å². The Morgan fingerprint density at radius 3 is 2.59 bits per heavy atom. The molecule has 2 heterocycles. The number of H-pyrrole nitrogens is 1. The number of carbonyl (C=O) groups excluding carboxylic acids is 1. The van der Waals surface area contributed by atoms with Gasteiger partial charge in [0.25, 0.3) is 5.56 Å². The molecule has 0 saturated heterocycles. The molecule has 0 aliphatic rings. The van der Waals surface area contributed by atoms with Gasteiger partial charge in [-0.2, -0.15) is 5.26 Å². The Labute approximate surface area is 202 Å². The van der Waals surface area contributed by atoms with E-state index in [0.29, 0.717) is 29.4 Å². The second-order valence-corrected chi connectivity index (χ2v) is 9.54. The zero-order valence-corrected chi connectivity index (χ0v) is 20.5. The fourth-order valence-electron chi connectivity index (χ4n) is 4.30. The lowest BCUT2D eigenvalue weighted by molar-refractivity contribution is -0.118. The third kappa shape index (κ3) is 4.63. The van der Waals surface area contributed by atoms with Crippen LogP contribution in [0.3, 0.4) is 0 Å². The summed E-state index contributed by atoms with van der Waals surface area (Å²) < 4.78 is 1.08. The van der Waals surface area contributed by atoms with Gasteiger partial charge in [-0.05, 0) is 68.0 Å². The highest BCUT2D eigenvalue weighted by molar-refractivity contribution is 7.22. The molecule has 4 aromatic rings. The van der Waals surface area contributed by atoms with Crippen molar-refractivity contribution in [1.82, 2.24) is 9.97 Å². The van der Waals surface area contributed by atoms with Crippen LogP contribution in [0, 0.1) is 39.0 Å². The molecule has 7 heteroatoms. The molecule has 0 spiro atoms. The number of nitrogens with zero attached hydrogens (tertiary/aromatic N) is 3. The molecule has 0 aliphatic heterocycles. The molecular formula is C27H26N4O2S. The Kier molecular flexibility index (Phi) is 6.62. The van der Waals surface area contributed by atoms with E-state index in [1.807, 2.05) is 49.4 Å². The number of amides is 1. The normalized spacial score (nSPS) is 10.9. The number of aryl methyl sites for hydroxylation is 3. The van der Waals surface area contributed by atoms with Gasteiger partial charge in [0, 0.05) is 12.1 Å². The number of hydrogen-bond acceptors (Lipinski definition) is 5. The van der Waals surface area contributed by atoms with Gasteiger partial charge in [-0.25, -0.2) is 4.98 Å². The zero-order valence-electron chi connectivity index (χ0n) is 19.7. The Morgan fingerprint density at radius 1 is 1.15 bits per heavy atom. The maximum absolute atomic E-state index is 13.5. The van der Waals surface area contributed by atoms with Crippen molar-refractivity contribution in [3.8, 4) is 6.07 Å². The highest BCUT2D eigenvalue weighted by atomic mass is 32.1. The molecule has 2 aromatic carbocycles. The summed E-state index contributed by atoms with van der Waals surface area (Å²) >= 11 is 1.53. The molecule has 0 saturated carbocycles. The lowest BCUT2D eigenvalue weighted by Crippen LogP contribution is -2.30. The van der Waals surface area contributed by atoms with E-state index in [9.17, 15) is 14.9 Å². The SMILES string of the molecule is Cc1cc(C)c2sc(N(Cc3ccccc3)C(=O)CCc3c(C)[nH]c(=O)c(C#N)c3C)nc2c1. The number of nitrogens with one attached hydrogen (secondary N) is 1. The van der Waals surface area contributed by atoms with Crippen LogP contribution in [-0.2, 0) is 17.8 Å². The number of carbonyl (C=O) groups is 1. The van der Waals surface area contributed by atoms with Crippen molar-refractivity contribution in [2.45, 2.75) is 47.1 Å². The largest absolute Gasteiger partial charge is 0.325 e. The minimum atomic E-state index is -0.390. The molecule has 172 valence electrons. The highest BCUT2D eigenvalue weighted by Crippen LogP contribution is 2.33. The Balaban J connectivity index is 1.68. The Bertz CT molecular complexity index is 1480. The number of hydrogen-bond donors (Lipinski definition) is 1. The summed E-state index contributed by atoms with van der Waals surface area (Å²) in [5.41, 5.74) is 6.08. The molecule has 34 heavy (non-hydrogen) atoms. The zero-order chi connectivity index (χ0) is 24.4. The molecule has 0 unspecified atom stereocenters. The minimum Gasteiger partial charge on any atom is -0.325 e. The summed E-state index contributed by atoms with van der Waals surface area (Å²) in [6.07, 6.45) is 0.662. The van der Waals surface area contributed by atoms with Gasteiger partial charge in [0.2, 0.25) is 5.91 Å². The topological polar surface area (TPSA) is 89.9 Å². The van der Waals surface area contributed by atoms with Gasteiger partial charge in [0.05, 0.1) is 16.8 Å². The van der Waals surface area contributed by atoms with E-state index in [4.69, 9.17) is 4.98 Å². The molecule has 6 nitrogen and oxygen atoms in total. The van der Waals surface area contributed by atoms with Crippen LogP contribution >= 0.6 is 11.3 Å². The van der Waals surface area contributed by atoms with Crippen LogP contribution in [-0.4, -0.2) is 15.9 Å². The second-order valence-electron chi connectivity index (χ2n) is 8.56. The molecule has 0 radical (unpaired) electrons. The van der Waals surface area contributed by atoms with Crippen molar-refractivity contribution >= 4 is 32.6 Å². The summed E-state index contributed by atoms with van der Waals surface area (Å²) in [6.45, 7) is 8.10. The maximum Gasteiger partial charge on any atom is 0.266 e. The van der Waals surface area contributed by atoms with E-state index < -0.39 is 5.56 Å². The quantitative estimate of drug-likeness (QED) is 0.416. The third-order valence-electron chi connectivity index (χ3n) is 6.03. The number of pyridine rings is 1. The van der Waals surface area contributed by atoms with Crippen LogP contribution in [0.4, 0.5) is 5.13 Å². The third-order valence-corrected chi connectivity index (χ3v) is 7.26. The van der Waals surface area contributed by atoms with Gasteiger partial charge >= 0.3 is 0 Å². The smallest absolute Gasteiger partial charge is 0.266 e. The molecule has 4 rings (SSSR count). The summed E-state index contributed by atoms with van der Waals surface area (Å²) in [6, 6.07) is 16.0. The maximum atomic E-state index is 13.5. The van der Waals surface area contributed by atoms with Crippen molar-refractivity contribution in [3.05, 3.63) is 91.9 Å². The van der Waals surface area contributed by atoms with E-state index in [2.05, 4.69) is 18.0 Å². The van der Waals surface area contributed by atoms with Crippen LogP contribution < -0.4 is 10.5 Å². The summed E-state index contributed by atoms with van der Waals surface area (Å²) in [4.78, 5) is 34.9. The molecule has 0 atom stereocenters. The van der Waals surface area contributed by atoms with Crippen LogP contribution in [0.2, 0.25) is 0 Å². The van der Waals surface area contributed by atoms with E-state index in [1.165, 1.54) is 11.3 Å². The second kappa shape index (κ2) is 9.62. The number of thiazole rings is 1. The Morgan fingerprint density at radius 2 is 1.88 bits per heavy atom. The average molecular weight is 471 g/mol.